The molecule has 0 aliphatic rings. The molecule has 3 rings (SSSR count). The van der Waals surface area contributed by atoms with Crippen molar-refractivity contribution < 1.29 is 4.79 Å². The summed E-state index contributed by atoms with van der Waals surface area (Å²) in [6.07, 6.45) is 0. The molecular formula is C18H16ClN3OS. The maximum absolute atomic E-state index is 11.1. The van der Waals surface area contributed by atoms with Gasteiger partial charge in [0.15, 0.2) is 5.13 Å². The molecule has 0 fully saturated rings. The molecule has 0 aliphatic carbocycles. The van der Waals surface area contributed by atoms with Gasteiger partial charge < -0.3 is 10.6 Å². The van der Waals surface area contributed by atoms with Crippen molar-refractivity contribution in [1.82, 2.24) is 4.98 Å². The normalized spacial score (nSPS) is 10.5. The van der Waals surface area contributed by atoms with Crippen molar-refractivity contribution in [2.75, 3.05) is 10.6 Å². The second-order valence-electron chi connectivity index (χ2n) is 5.38. The summed E-state index contributed by atoms with van der Waals surface area (Å²) >= 11 is 7.58. The van der Waals surface area contributed by atoms with Gasteiger partial charge in [-0.05, 0) is 36.8 Å². The van der Waals surface area contributed by atoms with Crippen LogP contribution in [0.4, 0.5) is 16.5 Å². The van der Waals surface area contributed by atoms with Crippen LogP contribution in [0.3, 0.4) is 0 Å². The van der Waals surface area contributed by atoms with E-state index in [9.17, 15) is 4.79 Å². The highest BCUT2D eigenvalue weighted by atomic mass is 35.5. The van der Waals surface area contributed by atoms with Crippen molar-refractivity contribution in [3.63, 3.8) is 0 Å². The summed E-state index contributed by atoms with van der Waals surface area (Å²) in [4.78, 5) is 15.7. The molecule has 0 radical (unpaired) electrons. The van der Waals surface area contributed by atoms with E-state index < -0.39 is 0 Å². The minimum absolute atomic E-state index is 0.0835. The van der Waals surface area contributed by atoms with E-state index in [1.807, 2.05) is 54.8 Å². The van der Waals surface area contributed by atoms with Gasteiger partial charge in [-0.15, -0.1) is 11.3 Å². The lowest BCUT2D eigenvalue weighted by Crippen LogP contribution is -2.05. The van der Waals surface area contributed by atoms with Gasteiger partial charge in [0.05, 0.1) is 5.69 Å². The third-order valence-corrected chi connectivity index (χ3v) is 4.44. The summed E-state index contributed by atoms with van der Waals surface area (Å²) in [7, 11) is 0. The van der Waals surface area contributed by atoms with Gasteiger partial charge >= 0.3 is 0 Å². The lowest BCUT2D eigenvalue weighted by atomic mass is 10.1. The number of amides is 1. The Kier molecular flexibility index (Phi) is 4.83. The molecule has 24 heavy (non-hydrogen) atoms. The molecule has 0 atom stereocenters. The van der Waals surface area contributed by atoms with E-state index in [-0.39, 0.29) is 5.91 Å². The lowest BCUT2D eigenvalue weighted by Gasteiger charge is -2.07. The molecule has 0 unspecified atom stereocenters. The Morgan fingerprint density at radius 1 is 1.17 bits per heavy atom. The summed E-state index contributed by atoms with van der Waals surface area (Å²) in [6, 6.07) is 13.3. The van der Waals surface area contributed by atoms with Crippen LogP contribution in [0.1, 0.15) is 12.5 Å². The Morgan fingerprint density at radius 2 is 1.92 bits per heavy atom. The molecule has 1 aromatic heterocycles. The van der Waals surface area contributed by atoms with E-state index in [0.29, 0.717) is 5.02 Å². The first-order chi connectivity index (χ1) is 11.5. The van der Waals surface area contributed by atoms with Crippen molar-refractivity contribution in [2.24, 2.45) is 0 Å². The van der Waals surface area contributed by atoms with Gasteiger partial charge in [-0.25, -0.2) is 4.98 Å². The molecule has 4 nitrogen and oxygen atoms in total. The summed E-state index contributed by atoms with van der Waals surface area (Å²) in [6.45, 7) is 3.51. The summed E-state index contributed by atoms with van der Waals surface area (Å²) < 4.78 is 0. The van der Waals surface area contributed by atoms with Gasteiger partial charge in [-0.3, -0.25) is 4.79 Å². The first-order valence-electron chi connectivity index (χ1n) is 7.38. The highest BCUT2D eigenvalue weighted by Crippen LogP contribution is 2.30. The molecule has 1 amide bonds. The Balaban J connectivity index is 1.78. The molecule has 1 heterocycles. The fourth-order valence-corrected chi connectivity index (χ4v) is 3.14. The number of hydrogen-bond acceptors (Lipinski definition) is 4. The largest absolute Gasteiger partial charge is 0.331 e. The smallest absolute Gasteiger partial charge is 0.221 e. The number of thiazole rings is 1. The number of benzene rings is 2. The zero-order chi connectivity index (χ0) is 17.1. The molecular weight excluding hydrogens is 342 g/mol. The van der Waals surface area contributed by atoms with Crippen molar-refractivity contribution >= 4 is 45.4 Å². The third-order valence-electron chi connectivity index (χ3n) is 3.45. The van der Waals surface area contributed by atoms with Gasteiger partial charge in [-0.1, -0.05) is 29.8 Å². The average Bonchev–Trinajstić information content (AvgIpc) is 3.00. The van der Waals surface area contributed by atoms with Crippen LogP contribution in [-0.4, -0.2) is 10.9 Å². The SMILES string of the molecule is CC(=O)Nc1ccc(-c2csc(Nc3cc(Cl)ccc3C)n2)cc1. The average molecular weight is 358 g/mol. The van der Waals surface area contributed by atoms with Crippen LogP contribution in [0.2, 0.25) is 5.02 Å². The minimum atomic E-state index is -0.0835. The van der Waals surface area contributed by atoms with Gasteiger partial charge in [0.1, 0.15) is 0 Å². The molecule has 0 spiro atoms. The number of carbonyl (C=O) groups excluding carboxylic acids is 1. The molecule has 0 bridgehead atoms. The molecule has 3 aromatic rings. The number of rotatable bonds is 4. The van der Waals surface area contributed by atoms with Crippen LogP contribution in [0.5, 0.6) is 0 Å². The number of hydrogen-bond donors (Lipinski definition) is 2. The molecule has 2 aromatic carbocycles. The monoisotopic (exact) mass is 357 g/mol. The second-order valence-corrected chi connectivity index (χ2v) is 6.68. The van der Waals surface area contributed by atoms with Crippen LogP contribution in [-0.2, 0) is 4.79 Å². The lowest BCUT2D eigenvalue weighted by molar-refractivity contribution is -0.114. The zero-order valence-corrected chi connectivity index (χ0v) is 14.8. The van der Waals surface area contributed by atoms with Gasteiger partial charge in [0.25, 0.3) is 0 Å². The number of aromatic nitrogens is 1. The predicted molar refractivity (Wildman–Crippen MR) is 101 cm³/mol. The number of aryl methyl sites for hydroxylation is 1. The highest BCUT2D eigenvalue weighted by Gasteiger charge is 2.07. The Morgan fingerprint density at radius 3 is 2.62 bits per heavy atom. The van der Waals surface area contributed by atoms with Crippen LogP contribution in [0.15, 0.2) is 47.8 Å². The standard InChI is InChI=1S/C18H16ClN3OS/c1-11-3-6-14(19)9-16(11)21-18-22-17(10-24-18)13-4-7-15(8-5-13)20-12(2)23/h3-10H,1-2H3,(H,20,23)(H,21,22). The minimum Gasteiger partial charge on any atom is -0.331 e. The first kappa shape index (κ1) is 16.5. The summed E-state index contributed by atoms with van der Waals surface area (Å²) in [5, 5.41) is 9.55. The number of anilines is 3. The third kappa shape index (κ3) is 3.93. The van der Waals surface area contributed by atoms with Crippen LogP contribution in [0, 0.1) is 6.92 Å². The number of carbonyl (C=O) groups is 1. The van der Waals surface area contributed by atoms with Crippen molar-refractivity contribution in [1.29, 1.82) is 0 Å². The van der Waals surface area contributed by atoms with Crippen molar-refractivity contribution in [3.05, 3.63) is 58.4 Å². The van der Waals surface area contributed by atoms with Gasteiger partial charge in [-0.2, -0.15) is 0 Å². The molecule has 0 saturated heterocycles. The Bertz CT molecular complexity index is 874. The van der Waals surface area contributed by atoms with Crippen LogP contribution < -0.4 is 10.6 Å². The van der Waals surface area contributed by atoms with E-state index >= 15 is 0 Å². The topological polar surface area (TPSA) is 54.0 Å². The van der Waals surface area contributed by atoms with Crippen LogP contribution in [0.25, 0.3) is 11.3 Å². The number of nitrogens with zero attached hydrogens (tertiary/aromatic N) is 1. The second kappa shape index (κ2) is 7.03. The molecule has 0 aliphatic heterocycles. The van der Waals surface area contributed by atoms with Crippen molar-refractivity contribution in [3.8, 4) is 11.3 Å². The molecule has 6 heteroatoms. The molecule has 0 saturated carbocycles. The number of halogens is 1. The quantitative estimate of drug-likeness (QED) is 0.650. The van der Waals surface area contributed by atoms with E-state index in [4.69, 9.17) is 11.6 Å². The van der Waals surface area contributed by atoms with E-state index in [2.05, 4.69) is 15.6 Å². The van der Waals surface area contributed by atoms with Gasteiger partial charge in [0.2, 0.25) is 5.91 Å². The zero-order valence-electron chi connectivity index (χ0n) is 13.3. The fourth-order valence-electron chi connectivity index (χ4n) is 2.24. The highest BCUT2D eigenvalue weighted by molar-refractivity contribution is 7.14. The molecule has 2 N–H and O–H groups in total. The van der Waals surface area contributed by atoms with Crippen molar-refractivity contribution in [2.45, 2.75) is 13.8 Å². The van der Waals surface area contributed by atoms with Gasteiger partial charge in [0, 0.05) is 34.3 Å². The van der Waals surface area contributed by atoms with E-state index in [1.165, 1.54) is 18.3 Å². The first-order valence-corrected chi connectivity index (χ1v) is 8.64. The number of nitrogens with one attached hydrogen (secondary N) is 2. The van der Waals surface area contributed by atoms with E-state index in [1.54, 1.807) is 0 Å². The van der Waals surface area contributed by atoms with Crippen LogP contribution >= 0.6 is 22.9 Å². The summed E-state index contributed by atoms with van der Waals surface area (Å²) in [5.41, 5.74) is 4.71. The Hall–Kier alpha value is -2.37. The predicted octanol–water partition coefficient (Wildman–Crippen LogP) is 5.47. The maximum atomic E-state index is 11.1. The van der Waals surface area contributed by atoms with E-state index in [0.717, 1.165) is 33.3 Å². The Labute approximate surface area is 149 Å². The maximum Gasteiger partial charge on any atom is 0.221 e. The molecule has 122 valence electrons. The fraction of sp³-hybridized carbons (Fsp3) is 0.111. The summed E-state index contributed by atoms with van der Waals surface area (Å²) in [5.74, 6) is -0.0835.